The Morgan fingerprint density at radius 3 is 2.34 bits per heavy atom. The molecule has 6 heteroatoms. The Kier molecular flexibility index (Phi) is 7.70. The predicted molar refractivity (Wildman–Crippen MR) is 124 cm³/mol. The molecule has 170 valence electrons. The van der Waals surface area contributed by atoms with Crippen molar-refractivity contribution in [2.24, 2.45) is 5.92 Å². The third-order valence-corrected chi connectivity index (χ3v) is 5.43. The van der Waals surface area contributed by atoms with Crippen molar-refractivity contribution in [3.8, 4) is 5.75 Å². The van der Waals surface area contributed by atoms with Crippen LogP contribution >= 0.6 is 0 Å². The normalized spacial score (nSPS) is 16.4. The summed E-state index contributed by atoms with van der Waals surface area (Å²) in [4.78, 5) is 29.4. The fourth-order valence-electron chi connectivity index (χ4n) is 3.79. The van der Waals surface area contributed by atoms with Crippen molar-refractivity contribution in [2.75, 3.05) is 27.2 Å². The first kappa shape index (κ1) is 23.5. The van der Waals surface area contributed by atoms with Crippen molar-refractivity contribution in [3.63, 3.8) is 0 Å². The molecular formula is C26H32N2O4. The number of nitrogens with zero attached hydrogens (tertiary/aromatic N) is 2. The molecule has 0 bridgehead atoms. The van der Waals surface area contributed by atoms with Gasteiger partial charge in [0.1, 0.15) is 12.4 Å². The van der Waals surface area contributed by atoms with Crippen LogP contribution in [0.15, 0.2) is 65.9 Å². The number of ether oxygens (including phenoxy) is 1. The van der Waals surface area contributed by atoms with Gasteiger partial charge in [-0.15, -0.1) is 0 Å². The van der Waals surface area contributed by atoms with Gasteiger partial charge < -0.3 is 19.6 Å². The molecule has 1 aliphatic heterocycles. The zero-order valence-corrected chi connectivity index (χ0v) is 19.2. The van der Waals surface area contributed by atoms with Crippen LogP contribution in [0.1, 0.15) is 37.4 Å². The van der Waals surface area contributed by atoms with Crippen LogP contribution in [0, 0.1) is 5.92 Å². The van der Waals surface area contributed by atoms with Crippen LogP contribution in [0.25, 0.3) is 0 Å². The summed E-state index contributed by atoms with van der Waals surface area (Å²) < 4.78 is 5.87. The lowest BCUT2D eigenvalue weighted by molar-refractivity contribution is -0.129. The minimum absolute atomic E-state index is 0.128. The van der Waals surface area contributed by atoms with Crippen LogP contribution in [0.2, 0.25) is 0 Å². The Balaban J connectivity index is 1.85. The van der Waals surface area contributed by atoms with Crippen LogP contribution in [0.3, 0.4) is 0 Å². The molecule has 0 saturated carbocycles. The van der Waals surface area contributed by atoms with Gasteiger partial charge in [-0.25, -0.2) is 0 Å². The second-order valence-electron chi connectivity index (χ2n) is 8.83. The maximum absolute atomic E-state index is 13.0. The van der Waals surface area contributed by atoms with Gasteiger partial charge >= 0.3 is 0 Å². The molecule has 2 aromatic rings. The van der Waals surface area contributed by atoms with Crippen molar-refractivity contribution in [2.45, 2.75) is 32.9 Å². The molecule has 1 unspecified atom stereocenters. The molecule has 6 nitrogen and oxygen atoms in total. The molecular weight excluding hydrogens is 404 g/mol. The van der Waals surface area contributed by atoms with E-state index in [-0.39, 0.29) is 23.7 Å². The number of ketones is 1. The Morgan fingerprint density at radius 1 is 1.09 bits per heavy atom. The highest BCUT2D eigenvalue weighted by Crippen LogP contribution is 2.39. The molecule has 1 atom stereocenters. The number of carbonyl (C=O) groups excluding carboxylic acids is 2. The molecule has 0 spiro atoms. The summed E-state index contributed by atoms with van der Waals surface area (Å²) in [6, 6.07) is 16.7. The number of Topliss-reactive ketones (excluding diaryl/α,β-unsaturated/α-hetero) is 1. The van der Waals surface area contributed by atoms with Gasteiger partial charge in [0.25, 0.3) is 5.91 Å². The smallest absolute Gasteiger partial charge is 0.290 e. The van der Waals surface area contributed by atoms with E-state index in [1.807, 2.05) is 87.4 Å². The van der Waals surface area contributed by atoms with Gasteiger partial charge in [-0.3, -0.25) is 9.59 Å². The number of hydrogen-bond donors (Lipinski definition) is 1. The van der Waals surface area contributed by atoms with E-state index < -0.39 is 17.7 Å². The van der Waals surface area contributed by atoms with E-state index in [0.717, 1.165) is 11.1 Å². The summed E-state index contributed by atoms with van der Waals surface area (Å²) >= 11 is 0. The first-order valence-corrected chi connectivity index (χ1v) is 11.0. The fraction of sp³-hybridized carbons (Fsp3) is 0.385. The first-order valence-electron chi connectivity index (χ1n) is 11.0. The second kappa shape index (κ2) is 10.5. The summed E-state index contributed by atoms with van der Waals surface area (Å²) in [5, 5.41) is 10.6. The Hall–Kier alpha value is -3.12. The molecule has 0 fully saturated rings. The summed E-state index contributed by atoms with van der Waals surface area (Å²) in [5.41, 5.74) is 2.04. The van der Waals surface area contributed by atoms with E-state index in [4.69, 9.17) is 4.74 Å². The summed E-state index contributed by atoms with van der Waals surface area (Å²) in [6.07, 6.45) is 0.281. The van der Waals surface area contributed by atoms with Gasteiger partial charge in [0.05, 0.1) is 11.6 Å². The highest BCUT2D eigenvalue weighted by Gasteiger charge is 2.43. The molecule has 3 rings (SSSR count). The van der Waals surface area contributed by atoms with Crippen molar-refractivity contribution in [3.05, 3.63) is 77.1 Å². The van der Waals surface area contributed by atoms with E-state index in [1.165, 1.54) is 0 Å². The lowest BCUT2D eigenvalue weighted by atomic mass is 9.92. The second-order valence-corrected chi connectivity index (χ2v) is 8.83. The lowest BCUT2D eigenvalue weighted by Crippen LogP contribution is -2.36. The van der Waals surface area contributed by atoms with Crippen LogP contribution in [0.5, 0.6) is 5.75 Å². The quantitative estimate of drug-likeness (QED) is 0.606. The highest BCUT2D eigenvalue weighted by molar-refractivity contribution is 6.09. The average molecular weight is 437 g/mol. The predicted octanol–water partition coefficient (Wildman–Crippen LogP) is 4.14. The molecule has 1 amide bonds. The standard InChI is InChI=1S/C26H32N2O4/c1-18(2)16-22(29)23-24(28(15-14-27(3)4)26(31)25(23)30)20-10-12-21(13-11-20)32-17-19-8-6-5-7-9-19/h5-13,18,24,30H,14-17H2,1-4H3. The zero-order chi connectivity index (χ0) is 23.3. The number of amides is 1. The number of benzene rings is 2. The number of aliphatic hydroxyl groups is 1. The minimum Gasteiger partial charge on any atom is -0.503 e. The van der Waals surface area contributed by atoms with E-state index in [9.17, 15) is 14.7 Å². The number of aliphatic hydroxyl groups excluding tert-OH is 1. The summed E-state index contributed by atoms with van der Waals surface area (Å²) in [6.45, 7) is 5.38. The highest BCUT2D eigenvalue weighted by atomic mass is 16.5. The van der Waals surface area contributed by atoms with Crippen molar-refractivity contribution in [1.82, 2.24) is 9.80 Å². The molecule has 1 heterocycles. The molecule has 0 aliphatic carbocycles. The van der Waals surface area contributed by atoms with E-state index in [0.29, 0.717) is 25.4 Å². The topological polar surface area (TPSA) is 70.1 Å². The van der Waals surface area contributed by atoms with Crippen molar-refractivity contribution >= 4 is 11.7 Å². The monoisotopic (exact) mass is 436 g/mol. The maximum Gasteiger partial charge on any atom is 0.290 e. The van der Waals surface area contributed by atoms with Crippen LogP contribution in [0.4, 0.5) is 0 Å². The van der Waals surface area contributed by atoms with Gasteiger partial charge in [-0.1, -0.05) is 56.3 Å². The SMILES string of the molecule is CC(C)CC(=O)C1=C(O)C(=O)N(CCN(C)C)C1c1ccc(OCc2ccccc2)cc1. The van der Waals surface area contributed by atoms with E-state index in [2.05, 4.69) is 0 Å². The summed E-state index contributed by atoms with van der Waals surface area (Å²) in [7, 11) is 3.85. The minimum atomic E-state index is -0.600. The number of carbonyl (C=O) groups is 2. The average Bonchev–Trinajstić information content (AvgIpc) is 3.01. The van der Waals surface area contributed by atoms with Gasteiger partial charge in [-0.05, 0) is 43.3 Å². The Morgan fingerprint density at radius 2 is 1.75 bits per heavy atom. The molecule has 1 aliphatic rings. The van der Waals surface area contributed by atoms with Gasteiger partial charge in [0, 0.05) is 19.5 Å². The van der Waals surface area contributed by atoms with Crippen molar-refractivity contribution < 1.29 is 19.4 Å². The number of hydrogen-bond acceptors (Lipinski definition) is 5. The fourth-order valence-corrected chi connectivity index (χ4v) is 3.79. The Labute approximate surface area is 190 Å². The maximum atomic E-state index is 13.0. The third kappa shape index (κ3) is 5.56. The molecule has 1 N–H and O–H groups in total. The summed E-state index contributed by atoms with van der Waals surface area (Å²) in [5.74, 6) is -0.280. The number of likely N-dealkylation sites (N-methyl/N-ethyl adjacent to an activating group) is 1. The van der Waals surface area contributed by atoms with E-state index in [1.54, 1.807) is 4.90 Å². The van der Waals surface area contributed by atoms with Gasteiger partial charge in [0.2, 0.25) is 0 Å². The van der Waals surface area contributed by atoms with Crippen LogP contribution in [-0.2, 0) is 16.2 Å². The third-order valence-electron chi connectivity index (χ3n) is 5.43. The first-order chi connectivity index (χ1) is 15.3. The van der Waals surface area contributed by atoms with E-state index >= 15 is 0 Å². The van der Waals surface area contributed by atoms with Gasteiger partial charge in [-0.2, -0.15) is 0 Å². The largest absolute Gasteiger partial charge is 0.503 e. The molecule has 32 heavy (non-hydrogen) atoms. The van der Waals surface area contributed by atoms with Gasteiger partial charge in [0.15, 0.2) is 11.5 Å². The number of rotatable bonds is 10. The molecule has 0 radical (unpaired) electrons. The van der Waals surface area contributed by atoms with Crippen LogP contribution < -0.4 is 4.74 Å². The zero-order valence-electron chi connectivity index (χ0n) is 19.2. The van der Waals surface area contributed by atoms with Crippen LogP contribution in [-0.4, -0.2) is 53.8 Å². The molecule has 2 aromatic carbocycles. The lowest BCUT2D eigenvalue weighted by Gasteiger charge is -2.28. The Bertz CT molecular complexity index is 965. The van der Waals surface area contributed by atoms with Crippen molar-refractivity contribution in [1.29, 1.82) is 0 Å². The molecule has 0 saturated heterocycles. The molecule has 0 aromatic heterocycles.